The average Bonchev–Trinajstić information content (AvgIpc) is 1.87. The summed E-state index contributed by atoms with van der Waals surface area (Å²) in [4.78, 5) is 10.3. The van der Waals surface area contributed by atoms with Crippen LogP contribution < -0.4 is 0 Å². The first-order valence-electron chi connectivity index (χ1n) is 2.54. The molecule has 0 rings (SSSR count). The molecule has 0 saturated carbocycles. The van der Waals surface area contributed by atoms with E-state index in [-0.39, 0.29) is 5.44 Å². The van der Waals surface area contributed by atoms with Crippen LogP contribution in [0.25, 0.3) is 0 Å². The molecule has 0 amide bonds. The van der Waals surface area contributed by atoms with Crippen LogP contribution >= 0.6 is 11.8 Å². The second kappa shape index (κ2) is 4.64. The summed E-state index contributed by atoms with van der Waals surface area (Å²) in [5.41, 5.74) is -0.162. The molecule has 0 aliphatic heterocycles. The van der Waals surface area contributed by atoms with Crippen molar-refractivity contribution in [3.8, 4) is 0 Å². The molecule has 0 fully saturated rings. The highest BCUT2D eigenvalue weighted by Gasteiger charge is 2.04. The van der Waals surface area contributed by atoms with E-state index in [9.17, 15) is 4.79 Å². The molecule has 0 aliphatic rings. The quantitative estimate of drug-likeness (QED) is 0.462. The molecule has 0 bridgehead atoms. The van der Waals surface area contributed by atoms with Gasteiger partial charge in [-0.25, -0.2) is 4.79 Å². The molecule has 0 aromatic carbocycles. The van der Waals surface area contributed by atoms with Crippen LogP contribution in [-0.4, -0.2) is 29.4 Å². The molecular weight excluding hydrogens is 140 g/mol. The number of esters is 1. The number of hydrogen-bond donors (Lipinski definition) is 1. The van der Waals surface area contributed by atoms with Gasteiger partial charge in [-0.1, -0.05) is 0 Å². The Morgan fingerprint density at radius 2 is 2.44 bits per heavy atom. The van der Waals surface area contributed by atoms with Crippen LogP contribution in [-0.2, 0) is 9.53 Å². The Bertz CT molecular complexity index is 94.2. The minimum Gasteiger partial charge on any atom is -0.450 e. The number of rotatable bonds is 3. The summed E-state index contributed by atoms with van der Waals surface area (Å²) in [6, 6.07) is 0. The first-order valence-corrected chi connectivity index (χ1v) is 3.82. The third-order valence-corrected chi connectivity index (χ3v) is 1.52. The molecule has 0 radical (unpaired) electrons. The van der Waals surface area contributed by atoms with Gasteiger partial charge in [0.05, 0.1) is 0 Å². The number of carbonyl (C=O) groups excluding carboxylic acids is 1. The standard InChI is InChI=1S/C5H10O3S/c1-4(9-2)8-5(7)3-6/h4,6H,3H2,1-2H3. The number of ether oxygens (including phenoxy) is 1. The van der Waals surface area contributed by atoms with Crippen LogP contribution in [0.3, 0.4) is 0 Å². The van der Waals surface area contributed by atoms with Crippen molar-refractivity contribution in [3.05, 3.63) is 0 Å². The lowest BCUT2D eigenvalue weighted by atomic mass is 10.7. The Morgan fingerprint density at radius 1 is 1.89 bits per heavy atom. The van der Waals surface area contributed by atoms with E-state index in [0.717, 1.165) is 0 Å². The second-order valence-corrected chi connectivity index (χ2v) is 2.59. The highest BCUT2D eigenvalue weighted by Crippen LogP contribution is 2.05. The normalized spacial score (nSPS) is 12.8. The molecular formula is C5H10O3S. The molecule has 1 N–H and O–H groups in total. The number of carbonyl (C=O) groups is 1. The topological polar surface area (TPSA) is 46.5 Å². The van der Waals surface area contributed by atoms with Crippen molar-refractivity contribution < 1.29 is 14.6 Å². The maximum absolute atomic E-state index is 10.3. The molecule has 4 heteroatoms. The molecule has 54 valence electrons. The smallest absolute Gasteiger partial charge is 0.332 e. The van der Waals surface area contributed by atoms with Crippen molar-refractivity contribution in [1.82, 2.24) is 0 Å². The Morgan fingerprint density at radius 3 is 2.78 bits per heavy atom. The maximum atomic E-state index is 10.3. The van der Waals surface area contributed by atoms with Crippen molar-refractivity contribution in [3.63, 3.8) is 0 Å². The van der Waals surface area contributed by atoms with E-state index in [4.69, 9.17) is 5.11 Å². The number of aliphatic hydroxyl groups is 1. The van der Waals surface area contributed by atoms with Crippen LogP contribution in [0.2, 0.25) is 0 Å². The van der Waals surface area contributed by atoms with Gasteiger partial charge in [0.25, 0.3) is 0 Å². The molecule has 0 heterocycles. The molecule has 1 unspecified atom stereocenters. The summed E-state index contributed by atoms with van der Waals surface area (Å²) >= 11 is 1.41. The van der Waals surface area contributed by atoms with E-state index < -0.39 is 12.6 Å². The lowest BCUT2D eigenvalue weighted by molar-refractivity contribution is -0.147. The SMILES string of the molecule is CSC(C)OC(=O)CO. The Labute approximate surface area is 58.4 Å². The number of hydrogen-bond acceptors (Lipinski definition) is 4. The van der Waals surface area contributed by atoms with Gasteiger partial charge in [0.1, 0.15) is 12.0 Å². The van der Waals surface area contributed by atoms with Gasteiger partial charge >= 0.3 is 5.97 Å². The van der Waals surface area contributed by atoms with Gasteiger partial charge < -0.3 is 9.84 Å². The van der Waals surface area contributed by atoms with Gasteiger partial charge in [0.2, 0.25) is 0 Å². The number of aliphatic hydroxyl groups excluding tert-OH is 1. The zero-order chi connectivity index (χ0) is 7.28. The predicted octanol–water partition coefficient (Wildman–Crippen LogP) is 0.231. The van der Waals surface area contributed by atoms with Crippen molar-refractivity contribution in [1.29, 1.82) is 0 Å². The first-order chi connectivity index (χ1) is 4.20. The molecule has 0 aromatic rings. The van der Waals surface area contributed by atoms with Crippen molar-refractivity contribution in [2.75, 3.05) is 12.9 Å². The Balaban J connectivity index is 3.34. The van der Waals surface area contributed by atoms with E-state index >= 15 is 0 Å². The van der Waals surface area contributed by atoms with Gasteiger partial charge in [-0.05, 0) is 13.2 Å². The summed E-state index contributed by atoms with van der Waals surface area (Å²) in [6.07, 6.45) is 1.83. The molecule has 0 spiro atoms. The van der Waals surface area contributed by atoms with Gasteiger partial charge in [-0.15, -0.1) is 11.8 Å². The fourth-order valence-corrected chi connectivity index (χ4v) is 0.474. The highest BCUT2D eigenvalue weighted by atomic mass is 32.2. The van der Waals surface area contributed by atoms with Gasteiger partial charge in [0, 0.05) is 0 Å². The molecule has 0 aliphatic carbocycles. The molecule has 9 heavy (non-hydrogen) atoms. The first kappa shape index (κ1) is 8.78. The van der Waals surface area contributed by atoms with E-state index in [1.165, 1.54) is 11.8 Å². The maximum Gasteiger partial charge on any atom is 0.332 e. The number of thioether (sulfide) groups is 1. The molecule has 0 saturated heterocycles. The van der Waals surface area contributed by atoms with E-state index in [2.05, 4.69) is 4.74 Å². The summed E-state index contributed by atoms with van der Waals surface area (Å²) in [7, 11) is 0. The molecule has 1 atom stereocenters. The van der Waals surface area contributed by atoms with Crippen LogP contribution in [0.1, 0.15) is 6.92 Å². The van der Waals surface area contributed by atoms with Crippen molar-refractivity contribution in [2.45, 2.75) is 12.4 Å². The van der Waals surface area contributed by atoms with E-state index in [0.29, 0.717) is 0 Å². The summed E-state index contributed by atoms with van der Waals surface area (Å²) < 4.78 is 4.62. The zero-order valence-electron chi connectivity index (χ0n) is 5.46. The van der Waals surface area contributed by atoms with Crippen LogP contribution in [0.15, 0.2) is 0 Å². The minimum atomic E-state index is -0.572. The average molecular weight is 150 g/mol. The lowest BCUT2D eigenvalue weighted by Gasteiger charge is -2.07. The highest BCUT2D eigenvalue weighted by molar-refractivity contribution is 7.99. The zero-order valence-corrected chi connectivity index (χ0v) is 6.27. The third kappa shape index (κ3) is 4.29. The van der Waals surface area contributed by atoms with E-state index in [1.807, 2.05) is 6.26 Å². The monoisotopic (exact) mass is 150 g/mol. The van der Waals surface area contributed by atoms with Gasteiger partial charge in [-0.2, -0.15) is 0 Å². The summed E-state index contributed by atoms with van der Waals surface area (Å²) in [5.74, 6) is -0.572. The minimum absolute atomic E-state index is 0.162. The lowest BCUT2D eigenvalue weighted by Crippen LogP contribution is -2.14. The fourth-order valence-electron chi connectivity index (χ4n) is 0.270. The van der Waals surface area contributed by atoms with Crippen LogP contribution in [0.5, 0.6) is 0 Å². The van der Waals surface area contributed by atoms with Crippen molar-refractivity contribution >= 4 is 17.7 Å². The summed E-state index contributed by atoms with van der Waals surface area (Å²) in [6.45, 7) is 1.21. The third-order valence-electron chi connectivity index (χ3n) is 0.758. The van der Waals surface area contributed by atoms with Gasteiger partial charge in [-0.3, -0.25) is 0 Å². The second-order valence-electron chi connectivity index (χ2n) is 1.45. The van der Waals surface area contributed by atoms with E-state index in [1.54, 1.807) is 6.92 Å². The molecule has 0 aromatic heterocycles. The largest absolute Gasteiger partial charge is 0.450 e. The predicted molar refractivity (Wildman–Crippen MR) is 36.2 cm³/mol. The van der Waals surface area contributed by atoms with Crippen molar-refractivity contribution in [2.24, 2.45) is 0 Å². The fraction of sp³-hybridized carbons (Fsp3) is 0.800. The van der Waals surface area contributed by atoms with Crippen LogP contribution in [0.4, 0.5) is 0 Å². The Kier molecular flexibility index (Phi) is 4.53. The van der Waals surface area contributed by atoms with Crippen LogP contribution in [0, 0.1) is 0 Å². The Hall–Kier alpha value is -0.220. The summed E-state index contributed by atoms with van der Waals surface area (Å²) in [5, 5.41) is 8.20. The molecule has 3 nitrogen and oxygen atoms in total. The van der Waals surface area contributed by atoms with Gasteiger partial charge in [0.15, 0.2) is 0 Å².